The number of urea groups is 1. The van der Waals surface area contributed by atoms with Crippen molar-refractivity contribution in [2.45, 2.75) is 19.5 Å². The third-order valence-corrected chi connectivity index (χ3v) is 3.37. The first-order valence-corrected chi connectivity index (χ1v) is 6.02. The molecular weight excluding hydrogens is 234 g/mol. The molecule has 1 aromatic heterocycles. The molecule has 3 rings (SSSR count). The van der Waals surface area contributed by atoms with Crippen molar-refractivity contribution < 1.29 is 4.79 Å². The Labute approximate surface area is 104 Å². The highest BCUT2D eigenvalue weighted by Crippen LogP contribution is 2.16. The quantitative estimate of drug-likeness (QED) is 0.712. The van der Waals surface area contributed by atoms with E-state index in [2.05, 4.69) is 15.3 Å². The Balaban J connectivity index is 2.00. The van der Waals surface area contributed by atoms with E-state index < -0.39 is 0 Å². The summed E-state index contributed by atoms with van der Waals surface area (Å²) in [6, 6.07) is -0.115. The Hall–Kier alpha value is -1.89. The van der Waals surface area contributed by atoms with Crippen LogP contribution in [0.25, 0.3) is 0 Å². The number of H-pyrrole nitrogens is 1. The molecule has 0 saturated carbocycles. The van der Waals surface area contributed by atoms with E-state index in [9.17, 15) is 9.59 Å². The molecule has 0 bridgehead atoms. The Morgan fingerprint density at radius 1 is 1.22 bits per heavy atom. The predicted octanol–water partition coefficient (Wildman–Crippen LogP) is -0.365. The van der Waals surface area contributed by atoms with Crippen molar-refractivity contribution in [3.63, 3.8) is 0 Å². The molecule has 18 heavy (non-hydrogen) atoms. The fourth-order valence-corrected chi connectivity index (χ4v) is 2.35. The van der Waals surface area contributed by atoms with E-state index in [0.717, 1.165) is 18.7 Å². The Kier molecular flexibility index (Phi) is 2.55. The predicted molar refractivity (Wildman–Crippen MR) is 65.4 cm³/mol. The molecule has 0 unspecified atom stereocenters. The molecule has 1 saturated heterocycles. The second-order valence-corrected chi connectivity index (χ2v) is 4.63. The lowest BCUT2D eigenvalue weighted by Gasteiger charge is -2.32. The van der Waals surface area contributed by atoms with Gasteiger partial charge in [0, 0.05) is 33.2 Å². The minimum atomic E-state index is -0.152. The van der Waals surface area contributed by atoms with Gasteiger partial charge in [-0.3, -0.25) is 14.7 Å². The van der Waals surface area contributed by atoms with Crippen LogP contribution in [0.1, 0.15) is 17.7 Å². The van der Waals surface area contributed by atoms with Gasteiger partial charge in [-0.1, -0.05) is 0 Å². The van der Waals surface area contributed by atoms with Gasteiger partial charge in [0.05, 0.1) is 11.3 Å². The van der Waals surface area contributed by atoms with E-state index in [-0.39, 0.29) is 11.6 Å². The number of nitrogens with zero attached hydrogens (tertiary/aromatic N) is 3. The molecule has 0 atom stereocenters. The number of amides is 2. The standard InChI is InChI=1S/C11H15N5O2/c1-15-3-2-4-16(11(15)18)10-13-8-6-12-5-7(8)9(17)14-10/h12H,2-6H2,1H3,(H,13,14,17). The molecule has 1 aromatic rings. The smallest absolute Gasteiger partial charge is 0.326 e. The van der Waals surface area contributed by atoms with Crippen LogP contribution in [0.15, 0.2) is 4.79 Å². The van der Waals surface area contributed by atoms with E-state index >= 15 is 0 Å². The van der Waals surface area contributed by atoms with E-state index in [4.69, 9.17) is 0 Å². The lowest BCUT2D eigenvalue weighted by molar-refractivity contribution is 0.207. The van der Waals surface area contributed by atoms with Gasteiger partial charge in [0.15, 0.2) is 0 Å². The SMILES string of the molecule is CN1CCCN(c2nc3c(c(=O)[nH]2)CNC3)C1=O. The van der Waals surface area contributed by atoms with Crippen molar-refractivity contribution in [2.24, 2.45) is 0 Å². The second-order valence-electron chi connectivity index (χ2n) is 4.63. The molecule has 1 fully saturated rings. The van der Waals surface area contributed by atoms with E-state index in [0.29, 0.717) is 31.1 Å². The van der Waals surface area contributed by atoms with Crippen LogP contribution in [0.5, 0.6) is 0 Å². The van der Waals surface area contributed by atoms with Crippen LogP contribution in [-0.4, -0.2) is 41.0 Å². The summed E-state index contributed by atoms with van der Waals surface area (Å²) in [6.07, 6.45) is 0.876. The van der Waals surface area contributed by atoms with Crippen molar-refractivity contribution in [1.82, 2.24) is 20.2 Å². The van der Waals surface area contributed by atoms with Crippen molar-refractivity contribution in [1.29, 1.82) is 0 Å². The molecule has 0 aliphatic carbocycles. The summed E-state index contributed by atoms with van der Waals surface area (Å²) in [4.78, 5) is 34.1. The maximum atomic E-state index is 12.0. The molecule has 0 aromatic carbocycles. The largest absolute Gasteiger partial charge is 0.327 e. The highest BCUT2D eigenvalue weighted by atomic mass is 16.2. The fraction of sp³-hybridized carbons (Fsp3) is 0.545. The molecule has 7 heteroatoms. The molecule has 2 aliphatic heterocycles. The van der Waals surface area contributed by atoms with Gasteiger partial charge in [-0.05, 0) is 6.42 Å². The second kappa shape index (κ2) is 4.09. The van der Waals surface area contributed by atoms with Crippen LogP contribution in [0.4, 0.5) is 10.7 Å². The van der Waals surface area contributed by atoms with Gasteiger partial charge in [0.25, 0.3) is 5.56 Å². The molecule has 2 aliphatic rings. The lowest BCUT2D eigenvalue weighted by Crippen LogP contribution is -2.48. The topological polar surface area (TPSA) is 81.3 Å². The van der Waals surface area contributed by atoms with Gasteiger partial charge in [-0.2, -0.15) is 0 Å². The third-order valence-electron chi connectivity index (χ3n) is 3.37. The number of nitrogens with one attached hydrogen (secondary N) is 2. The zero-order chi connectivity index (χ0) is 12.7. The molecule has 7 nitrogen and oxygen atoms in total. The van der Waals surface area contributed by atoms with Gasteiger partial charge in [-0.25, -0.2) is 9.78 Å². The highest BCUT2D eigenvalue weighted by Gasteiger charge is 2.27. The average Bonchev–Trinajstić information content (AvgIpc) is 2.81. The van der Waals surface area contributed by atoms with Gasteiger partial charge in [0.2, 0.25) is 5.95 Å². The number of anilines is 1. The zero-order valence-electron chi connectivity index (χ0n) is 10.2. The van der Waals surface area contributed by atoms with Crippen LogP contribution in [-0.2, 0) is 13.1 Å². The van der Waals surface area contributed by atoms with E-state index in [1.54, 1.807) is 11.9 Å². The van der Waals surface area contributed by atoms with E-state index in [1.807, 2.05) is 0 Å². The monoisotopic (exact) mass is 249 g/mol. The molecular formula is C11H15N5O2. The van der Waals surface area contributed by atoms with Crippen molar-refractivity contribution in [2.75, 3.05) is 25.0 Å². The molecule has 0 radical (unpaired) electrons. The fourth-order valence-electron chi connectivity index (χ4n) is 2.35. The summed E-state index contributed by atoms with van der Waals surface area (Å²) >= 11 is 0. The summed E-state index contributed by atoms with van der Waals surface area (Å²) in [6.45, 7) is 2.47. The number of aromatic amines is 1. The number of hydrogen-bond acceptors (Lipinski definition) is 4. The van der Waals surface area contributed by atoms with Gasteiger partial charge in [0.1, 0.15) is 0 Å². The van der Waals surface area contributed by atoms with Crippen molar-refractivity contribution in [3.8, 4) is 0 Å². The van der Waals surface area contributed by atoms with Gasteiger partial charge in [-0.15, -0.1) is 0 Å². The summed E-state index contributed by atoms with van der Waals surface area (Å²) in [5.74, 6) is 0.360. The van der Waals surface area contributed by atoms with Crippen LogP contribution in [0.3, 0.4) is 0 Å². The lowest BCUT2D eigenvalue weighted by atomic mass is 10.2. The normalized spacial score (nSPS) is 19.3. The van der Waals surface area contributed by atoms with Crippen molar-refractivity contribution >= 4 is 12.0 Å². The number of carbonyl (C=O) groups excluding carboxylic acids is 1. The van der Waals surface area contributed by atoms with E-state index in [1.165, 1.54) is 4.90 Å². The first-order chi connectivity index (χ1) is 8.66. The maximum Gasteiger partial charge on any atom is 0.326 e. The molecule has 0 spiro atoms. The minimum Gasteiger partial charge on any atom is -0.327 e. The number of rotatable bonds is 1. The molecule has 2 amide bonds. The van der Waals surface area contributed by atoms with Crippen LogP contribution >= 0.6 is 0 Å². The average molecular weight is 249 g/mol. The Morgan fingerprint density at radius 3 is 2.89 bits per heavy atom. The highest BCUT2D eigenvalue weighted by molar-refractivity contribution is 5.90. The van der Waals surface area contributed by atoms with Crippen LogP contribution in [0, 0.1) is 0 Å². The number of carbonyl (C=O) groups is 1. The number of aromatic nitrogens is 2. The number of fused-ring (bicyclic) bond motifs is 1. The van der Waals surface area contributed by atoms with Gasteiger partial charge >= 0.3 is 6.03 Å². The Morgan fingerprint density at radius 2 is 2.06 bits per heavy atom. The number of hydrogen-bond donors (Lipinski definition) is 2. The molecule has 3 heterocycles. The zero-order valence-corrected chi connectivity index (χ0v) is 10.2. The summed E-state index contributed by atoms with van der Waals surface area (Å²) in [7, 11) is 1.75. The first-order valence-electron chi connectivity index (χ1n) is 6.02. The summed E-state index contributed by atoms with van der Waals surface area (Å²) in [5.41, 5.74) is 1.27. The Bertz CT molecular complexity index is 553. The molecule has 96 valence electrons. The molecule has 2 N–H and O–H groups in total. The first kappa shape index (κ1) is 11.2. The van der Waals surface area contributed by atoms with Gasteiger partial charge < -0.3 is 10.2 Å². The van der Waals surface area contributed by atoms with Crippen LogP contribution in [0.2, 0.25) is 0 Å². The van der Waals surface area contributed by atoms with Crippen LogP contribution < -0.4 is 15.8 Å². The van der Waals surface area contributed by atoms with Crippen molar-refractivity contribution in [3.05, 3.63) is 21.6 Å². The third kappa shape index (κ3) is 1.67. The summed E-state index contributed by atoms with van der Waals surface area (Å²) < 4.78 is 0. The minimum absolute atomic E-state index is 0.115. The maximum absolute atomic E-state index is 12.0. The summed E-state index contributed by atoms with van der Waals surface area (Å²) in [5, 5.41) is 3.08.